The molecule has 3 heterocycles. The van der Waals surface area contributed by atoms with Crippen molar-refractivity contribution in [3.05, 3.63) is 30.1 Å². The number of amides is 1. The summed E-state index contributed by atoms with van der Waals surface area (Å²) in [6.45, 7) is 10.1. The summed E-state index contributed by atoms with van der Waals surface area (Å²) in [4.78, 5) is 20.8. The predicted molar refractivity (Wildman–Crippen MR) is 110 cm³/mol. The molecule has 9 heteroatoms. The number of anilines is 1. The highest BCUT2D eigenvalue weighted by Crippen LogP contribution is 2.24. The van der Waals surface area contributed by atoms with Crippen LogP contribution >= 0.6 is 0 Å². The van der Waals surface area contributed by atoms with E-state index in [-0.39, 0.29) is 6.09 Å². The summed E-state index contributed by atoms with van der Waals surface area (Å²) >= 11 is 0. The molecule has 1 amide bonds. The molecule has 1 aliphatic rings. The molecule has 1 aromatic carbocycles. The quantitative estimate of drug-likeness (QED) is 0.712. The standard InChI is InChI=1S/C20H25N7O2/c1-13-15-11-14(5-6-16(15)24-23-13)18-22-17(12-21-25-18)26-7-9-27(10-8-26)19(28)29-20(2,3)4/h5-6,11-12H,7-10H2,1-4H3,(H,23,24). The van der Waals surface area contributed by atoms with Crippen molar-refractivity contribution in [1.82, 2.24) is 30.3 Å². The number of nitrogens with one attached hydrogen (secondary N) is 1. The largest absolute Gasteiger partial charge is 0.444 e. The highest BCUT2D eigenvalue weighted by atomic mass is 16.6. The van der Waals surface area contributed by atoms with Crippen molar-refractivity contribution >= 4 is 22.8 Å². The molecule has 1 aliphatic heterocycles. The number of piperazine rings is 1. The van der Waals surface area contributed by atoms with Crippen LogP contribution in [0.5, 0.6) is 0 Å². The van der Waals surface area contributed by atoms with Crippen molar-refractivity contribution in [2.45, 2.75) is 33.3 Å². The molecular formula is C20H25N7O2. The molecule has 1 saturated heterocycles. The molecule has 1 fully saturated rings. The van der Waals surface area contributed by atoms with E-state index < -0.39 is 5.60 Å². The minimum Gasteiger partial charge on any atom is -0.444 e. The molecule has 0 radical (unpaired) electrons. The average Bonchev–Trinajstić information content (AvgIpc) is 3.07. The Labute approximate surface area is 169 Å². The zero-order valence-electron chi connectivity index (χ0n) is 17.1. The smallest absolute Gasteiger partial charge is 0.410 e. The van der Waals surface area contributed by atoms with Gasteiger partial charge < -0.3 is 14.5 Å². The maximum absolute atomic E-state index is 12.2. The van der Waals surface area contributed by atoms with Gasteiger partial charge in [0, 0.05) is 42.8 Å². The summed E-state index contributed by atoms with van der Waals surface area (Å²) in [5.41, 5.74) is 2.32. The number of aryl methyl sites for hydroxylation is 1. The topological polar surface area (TPSA) is 100 Å². The van der Waals surface area contributed by atoms with Crippen LogP contribution in [0.2, 0.25) is 0 Å². The predicted octanol–water partition coefficient (Wildman–Crippen LogP) is 2.78. The number of carbonyl (C=O) groups is 1. The van der Waals surface area contributed by atoms with Crippen LogP contribution in [0.1, 0.15) is 26.5 Å². The summed E-state index contributed by atoms with van der Waals surface area (Å²) in [5, 5.41) is 16.6. The van der Waals surface area contributed by atoms with Gasteiger partial charge in [0.1, 0.15) is 5.60 Å². The summed E-state index contributed by atoms with van der Waals surface area (Å²) in [7, 11) is 0. The van der Waals surface area contributed by atoms with E-state index in [2.05, 4.69) is 25.3 Å². The molecule has 3 aromatic rings. The van der Waals surface area contributed by atoms with E-state index in [0.717, 1.165) is 28.0 Å². The lowest BCUT2D eigenvalue weighted by molar-refractivity contribution is 0.0240. The molecule has 0 spiro atoms. The number of aromatic nitrogens is 5. The highest BCUT2D eigenvalue weighted by Gasteiger charge is 2.26. The maximum Gasteiger partial charge on any atom is 0.410 e. The van der Waals surface area contributed by atoms with Crippen molar-refractivity contribution in [2.75, 3.05) is 31.1 Å². The van der Waals surface area contributed by atoms with Crippen molar-refractivity contribution in [2.24, 2.45) is 0 Å². The normalized spacial score (nSPS) is 15.0. The summed E-state index contributed by atoms with van der Waals surface area (Å²) in [5.74, 6) is 1.32. The van der Waals surface area contributed by atoms with Crippen molar-refractivity contribution in [1.29, 1.82) is 0 Å². The van der Waals surface area contributed by atoms with Crippen molar-refractivity contribution < 1.29 is 9.53 Å². The molecule has 2 aromatic heterocycles. The molecule has 9 nitrogen and oxygen atoms in total. The van der Waals surface area contributed by atoms with Crippen LogP contribution in [-0.2, 0) is 4.74 Å². The molecular weight excluding hydrogens is 370 g/mol. The number of ether oxygens (including phenoxy) is 1. The third-order valence-electron chi connectivity index (χ3n) is 4.80. The molecule has 0 unspecified atom stereocenters. The Morgan fingerprint density at radius 2 is 1.93 bits per heavy atom. The number of aromatic amines is 1. The SMILES string of the molecule is Cc1[nH]nc2ccc(-c3nncc(N4CCN(C(=O)OC(C)(C)C)CC4)n3)cc12. The van der Waals surface area contributed by atoms with Crippen LogP contribution in [0.25, 0.3) is 22.3 Å². The van der Waals surface area contributed by atoms with Crippen LogP contribution in [0.4, 0.5) is 10.6 Å². The van der Waals surface area contributed by atoms with Crippen LogP contribution in [0, 0.1) is 6.92 Å². The summed E-state index contributed by atoms with van der Waals surface area (Å²) < 4.78 is 5.46. The van der Waals surface area contributed by atoms with E-state index in [9.17, 15) is 4.79 Å². The minimum atomic E-state index is -0.492. The van der Waals surface area contributed by atoms with Gasteiger partial charge in [0.25, 0.3) is 0 Å². The second kappa shape index (κ2) is 7.31. The molecule has 152 valence electrons. The number of fused-ring (bicyclic) bond motifs is 1. The van der Waals surface area contributed by atoms with E-state index in [0.29, 0.717) is 32.0 Å². The van der Waals surface area contributed by atoms with Gasteiger partial charge in [-0.1, -0.05) is 0 Å². The minimum absolute atomic E-state index is 0.276. The van der Waals surface area contributed by atoms with E-state index in [4.69, 9.17) is 9.72 Å². The van der Waals surface area contributed by atoms with Crippen LogP contribution in [-0.4, -0.2) is 68.2 Å². The van der Waals surface area contributed by atoms with Gasteiger partial charge in [-0.3, -0.25) is 5.10 Å². The second-order valence-corrected chi connectivity index (χ2v) is 8.17. The van der Waals surface area contributed by atoms with Gasteiger partial charge in [-0.2, -0.15) is 10.2 Å². The molecule has 0 bridgehead atoms. The lowest BCUT2D eigenvalue weighted by Crippen LogP contribution is -2.50. The van der Waals surface area contributed by atoms with Crippen LogP contribution < -0.4 is 4.90 Å². The van der Waals surface area contributed by atoms with Gasteiger partial charge in [0.15, 0.2) is 11.6 Å². The van der Waals surface area contributed by atoms with Gasteiger partial charge in [0.05, 0.1) is 11.7 Å². The molecule has 0 aliphatic carbocycles. The van der Waals surface area contributed by atoms with Gasteiger partial charge in [-0.25, -0.2) is 9.78 Å². The monoisotopic (exact) mass is 395 g/mol. The fraction of sp³-hybridized carbons (Fsp3) is 0.450. The van der Waals surface area contributed by atoms with Gasteiger partial charge in [-0.15, -0.1) is 5.10 Å². The molecule has 0 atom stereocenters. The summed E-state index contributed by atoms with van der Waals surface area (Å²) in [6.07, 6.45) is 1.39. The van der Waals surface area contributed by atoms with Crippen molar-refractivity contribution in [3.8, 4) is 11.4 Å². The van der Waals surface area contributed by atoms with E-state index in [1.807, 2.05) is 45.9 Å². The number of carbonyl (C=O) groups excluding carboxylic acids is 1. The number of nitrogens with zero attached hydrogens (tertiary/aromatic N) is 6. The third kappa shape index (κ3) is 4.13. The Hall–Kier alpha value is -3.23. The first-order chi connectivity index (χ1) is 13.8. The Morgan fingerprint density at radius 1 is 1.17 bits per heavy atom. The Kier molecular flexibility index (Phi) is 4.81. The fourth-order valence-electron chi connectivity index (χ4n) is 3.29. The number of rotatable bonds is 2. The second-order valence-electron chi connectivity index (χ2n) is 8.17. The number of benzene rings is 1. The summed E-state index contributed by atoms with van der Waals surface area (Å²) in [6, 6.07) is 5.92. The highest BCUT2D eigenvalue weighted by molar-refractivity contribution is 5.85. The van der Waals surface area contributed by atoms with E-state index in [1.165, 1.54) is 0 Å². The van der Waals surface area contributed by atoms with Crippen LogP contribution in [0.15, 0.2) is 24.4 Å². The van der Waals surface area contributed by atoms with Gasteiger partial charge in [-0.05, 0) is 45.9 Å². The number of H-pyrrole nitrogens is 1. The Bertz CT molecular complexity index is 1030. The average molecular weight is 395 g/mol. The van der Waals surface area contributed by atoms with Crippen LogP contribution in [0.3, 0.4) is 0 Å². The van der Waals surface area contributed by atoms with E-state index in [1.54, 1.807) is 11.1 Å². The molecule has 4 rings (SSSR count). The van der Waals surface area contributed by atoms with Gasteiger partial charge >= 0.3 is 6.09 Å². The lowest BCUT2D eigenvalue weighted by Gasteiger charge is -2.36. The number of hydrogen-bond acceptors (Lipinski definition) is 7. The molecule has 29 heavy (non-hydrogen) atoms. The first-order valence-electron chi connectivity index (χ1n) is 9.68. The maximum atomic E-state index is 12.2. The lowest BCUT2D eigenvalue weighted by atomic mass is 10.1. The number of hydrogen-bond donors (Lipinski definition) is 1. The molecule has 0 saturated carbocycles. The Balaban J connectivity index is 1.48. The third-order valence-corrected chi connectivity index (χ3v) is 4.80. The zero-order chi connectivity index (χ0) is 20.6. The Morgan fingerprint density at radius 3 is 2.66 bits per heavy atom. The molecule has 1 N–H and O–H groups in total. The fourth-order valence-corrected chi connectivity index (χ4v) is 3.29. The zero-order valence-corrected chi connectivity index (χ0v) is 17.1. The first kappa shape index (κ1) is 19.1. The van der Waals surface area contributed by atoms with E-state index >= 15 is 0 Å². The van der Waals surface area contributed by atoms with Gasteiger partial charge in [0.2, 0.25) is 0 Å². The first-order valence-corrected chi connectivity index (χ1v) is 9.68. The van der Waals surface area contributed by atoms with Crippen molar-refractivity contribution in [3.63, 3.8) is 0 Å².